The molecule has 8 nitrogen and oxygen atoms in total. The topological polar surface area (TPSA) is 88.5 Å². The largest absolute Gasteiger partial charge is 0.441 e. The molecular formula is C19H21N5O3. The maximum absolute atomic E-state index is 12.8. The first kappa shape index (κ1) is 17.4. The SMILES string of the molecule is CN1C[C@]2(CCCN(C(=O)c3cnc(-c4cccnc4)nc3)CC2)OC1=O. The molecule has 1 atom stereocenters. The summed E-state index contributed by atoms with van der Waals surface area (Å²) in [5.41, 5.74) is 0.793. The first-order valence-electron chi connectivity index (χ1n) is 9.02. The maximum Gasteiger partial charge on any atom is 0.410 e. The normalized spacial score (nSPS) is 22.6. The van der Waals surface area contributed by atoms with E-state index < -0.39 is 5.60 Å². The van der Waals surface area contributed by atoms with E-state index in [-0.39, 0.29) is 12.0 Å². The van der Waals surface area contributed by atoms with Crippen molar-refractivity contribution in [1.82, 2.24) is 24.8 Å². The maximum atomic E-state index is 12.8. The smallest absolute Gasteiger partial charge is 0.410 e. The second-order valence-electron chi connectivity index (χ2n) is 7.09. The molecule has 0 aliphatic carbocycles. The lowest BCUT2D eigenvalue weighted by atomic mass is 9.95. The van der Waals surface area contributed by atoms with Crippen LogP contribution >= 0.6 is 0 Å². The monoisotopic (exact) mass is 367 g/mol. The number of likely N-dealkylation sites (tertiary alicyclic amines) is 1. The summed E-state index contributed by atoms with van der Waals surface area (Å²) in [7, 11) is 1.74. The molecule has 1 spiro atoms. The van der Waals surface area contributed by atoms with Crippen molar-refractivity contribution in [3.05, 3.63) is 42.5 Å². The molecule has 2 aromatic rings. The van der Waals surface area contributed by atoms with Gasteiger partial charge in [0.05, 0.1) is 12.1 Å². The number of rotatable bonds is 2. The van der Waals surface area contributed by atoms with Crippen LogP contribution in [0.5, 0.6) is 0 Å². The molecular weight excluding hydrogens is 346 g/mol. The lowest BCUT2D eigenvalue weighted by Gasteiger charge is -2.25. The van der Waals surface area contributed by atoms with Crippen LogP contribution in [-0.4, -0.2) is 69.0 Å². The van der Waals surface area contributed by atoms with E-state index in [2.05, 4.69) is 15.0 Å². The zero-order valence-corrected chi connectivity index (χ0v) is 15.2. The third-order valence-corrected chi connectivity index (χ3v) is 5.14. The molecule has 0 unspecified atom stereocenters. The van der Waals surface area contributed by atoms with Crippen molar-refractivity contribution in [2.45, 2.75) is 24.9 Å². The molecule has 2 amide bonds. The fourth-order valence-electron chi connectivity index (χ4n) is 3.69. The van der Waals surface area contributed by atoms with Crippen LogP contribution in [0.4, 0.5) is 4.79 Å². The Kier molecular flexibility index (Phi) is 4.47. The van der Waals surface area contributed by atoms with Crippen molar-refractivity contribution >= 4 is 12.0 Å². The molecule has 0 bridgehead atoms. The third kappa shape index (κ3) is 3.47. The number of pyridine rings is 1. The molecule has 2 aliphatic rings. The Balaban J connectivity index is 1.45. The van der Waals surface area contributed by atoms with Gasteiger partial charge in [-0.05, 0) is 25.0 Å². The summed E-state index contributed by atoms with van der Waals surface area (Å²) in [4.78, 5) is 40.7. The highest BCUT2D eigenvalue weighted by Crippen LogP contribution is 2.32. The van der Waals surface area contributed by atoms with Gasteiger partial charge in [0.15, 0.2) is 5.82 Å². The Labute approximate surface area is 157 Å². The van der Waals surface area contributed by atoms with E-state index in [1.54, 1.807) is 41.6 Å². The molecule has 0 aromatic carbocycles. The van der Waals surface area contributed by atoms with Gasteiger partial charge < -0.3 is 14.5 Å². The van der Waals surface area contributed by atoms with Crippen LogP contribution in [0.25, 0.3) is 11.4 Å². The van der Waals surface area contributed by atoms with E-state index in [0.717, 1.165) is 18.4 Å². The number of nitrogens with zero attached hydrogens (tertiary/aromatic N) is 5. The Morgan fingerprint density at radius 1 is 1.19 bits per heavy atom. The molecule has 4 heterocycles. The Hall–Kier alpha value is -3.03. The summed E-state index contributed by atoms with van der Waals surface area (Å²) in [6.07, 6.45) is 8.41. The molecule has 2 saturated heterocycles. The highest BCUT2D eigenvalue weighted by Gasteiger charge is 2.44. The van der Waals surface area contributed by atoms with Crippen molar-refractivity contribution in [3.8, 4) is 11.4 Å². The van der Waals surface area contributed by atoms with Gasteiger partial charge in [-0.25, -0.2) is 14.8 Å². The van der Waals surface area contributed by atoms with Crippen molar-refractivity contribution in [2.24, 2.45) is 0 Å². The Morgan fingerprint density at radius 3 is 2.67 bits per heavy atom. The zero-order valence-electron chi connectivity index (χ0n) is 15.2. The first-order valence-corrected chi connectivity index (χ1v) is 9.02. The van der Waals surface area contributed by atoms with Gasteiger partial charge in [-0.15, -0.1) is 0 Å². The molecule has 140 valence electrons. The number of likely N-dealkylation sites (N-methyl/N-ethyl adjacent to an activating group) is 1. The van der Waals surface area contributed by atoms with Crippen LogP contribution in [-0.2, 0) is 4.74 Å². The molecule has 0 N–H and O–H groups in total. The van der Waals surface area contributed by atoms with Crippen LogP contribution in [0, 0.1) is 0 Å². The number of hydrogen-bond donors (Lipinski definition) is 0. The molecule has 0 saturated carbocycles. The minimum atomic E-state index is -0.471. The van der Waals surface area contributed by atoms with Gasteiger partial charge in [-0.2, -0.15) is 0 Å². The van der Waals surface area contributed by atoms with Gasteiger partial charge in [0, 0.05) is 56.9 Å². The van der Waals surface area contributed by atoms with Crippen LogP contribution in [0.2, 0.25) is 0 Å². The minimum absolute atomic E-state index is 0.0949. The predicted molar refractivity (Wildman–Crippen MR) is 96.9 cm³/mol. The fourth-order valence-corrected chi connectivity index (χ4v) is 3.69. The highest BCUT2D eigenvalue weighted by atomic mass is 16.6. The summed E-state index contributed by atoms with van der Waals surface area (Å²) in [6, 6.07) is 3.69. The number of aromatic nitrogens is 3. The van der Waals surface area contributed by atoms with Crippen LogP contribution < -0.4 is 0 Å². The number of ether oxygens (including phenoxy) is 1. The average molecular weight is 367 g/mol. The lowest BCUT2D eigenvalue weighted by Crippen LogP contribution is -2.36. The molecule has 0 radical (unpaired) electrons. The molecule has 2 fully saturated rings. The second-order valence-corrected chi connectivity index (χ2v) is 7.09. The summed E-state index contributed by atoms with van der Waals surface area (Å²) in [6.45, 7) is 1.76. The fraction of sp³-hybridized carbons (Fsp3) is 0.421. The lowest BCUT2D eigenvalue weighted by molar-refractivity contribution is 0.0438. The zero-order chi connectivity index (χ0) is 18.9. The van der Waals surface area contributed by atoms with E-state index in [9.17, 15) is 9.59 Å². The van der Waals surface area contributed by atoms with Crippen molar-refractivity contribution in [1.29, 1.82) is 0 Å². The number of hydrogen-bond acceptors (Lipinski definition) is 6. The van der Waals surface area contributed by atoms with Gasteiger partial charge in [-0.1, -0.05) is 0 Å². The number of amides is 2. The standard InChI is InChI=1S/C19H21N5O3/c1-23-13-19(27-18(23)26)5-3-8-24(9-6-19)17(25)15-11-21-16(22-12-15)14-4-2-7-20-10-14/h2,4,7,10-12H,3,5-6,8-9,13H2,1H3/t19-/m1/s1. The molecule has 2 aliphatic heterocycles. The molecule has 27 heavy (non-hydrogen) atoms. The van der Waals surface area contributed by atoms with Crippen molar-refractivity contribution in [3.63, 3.8) is 0 Å². The second kappa shape index (κ2) is 6.94. The molecule has 4 rings (SSSR count). The van der Waals surface area contributed by atoms with Crippen LogP contribution in [0.1, 0.15) is 29.6 Å². The summed E-state index contributed by atoms with van der Waals surface area (Å²) < 4.78 is 5.60. The number of carbonyl (C=O) groups is 2. The van der Waals surface area contributed by atoms with Gasteiger partial charge in [-0.3, -0.25) is 9.78 Å². The Morgan fingerprint density at radius 2 is 2.00 bits per heavy atom. The van der Waals surface area contributed by atoms with Gasteiger partial charge in [0.2, 0.25) is 0 Å². The molecule has 2 aromatic heterocycles. The third-order valence-electron chi connectivity index (χ3n) is 5.14. The van der Waals surface area contributed by atoms with E-state index in [0.29, 0.717) is 37.4 Å². The van der Waals surface area contributed by atoms with Gasteiger partial charge in [0.25, 0.3) is 5.91 Å². The van der Waals surface area contributed by atoms with Gasteiger partial charge in [0.1, 0.15) is 5.60 Å². The number of carbonyl (C=O) groups excluding carboxylic acids is 2. The van der Waals surface area contributed by atoms with Crippen molar-refractivity contribution < 1.29 is 14.3 Å². The van der Waals surface area contributed by atoms with Crippen molar-refractivity contribution in [2.75, 3.05) is 26.7 Å². The average Bonchev–Trinajstić information content (AvgIpc) is 2.85. The van der Waals surface area contributed by atoms with Gasteiger partial charge >= 0.3 is 6.09 Å². The van der Waals surface area contributed by atoms with Crippen LogP contribution in [0.3, 0.4) is 0 Å². The minimum Gasteiger partial charge on any atom is -0.441 e. The Bertz CT molecular complexity index is 842. The summed E-state index contributed by atoms with van der Waals surface area (Å²) in [5, 5.41) is 0. The summed E-state index contributed by atoms with van der Waals surface area (Å²) >= 11 is 0. The van der Waals surface area contributed by atoms with E-state index in [1.165, 1.54) is 0 Å². The van der Waals surface area contributed by atoms with Crippen LogP contribution in [0.15, 0.2) is 36.9 Å². The highest BCUT2D eigenvalue weighted by molar-refractivity contribution is 5.93. The van der Waals surface area contributed by atoms with E-state index in [1.807, 2.05) is 12.1 Å². The first-order chi connectivity index (χ1) is 13.1. The van der Waals surface area contributed by atoms with E-state index >= 15 is 0 Å². The molecule has 8 heteroatoms. The van der Waals surface area contributed by atoms with E-state index in [4.69, 9.17) is 4.74 Å². The summed E-state index contributed by atoms with van der Waals surface area (Å²) in [5.74, 6) is 0.442. The quantitative estimate of drug-likeness (QED) is 0.806. The predicted octanol–water partition coefficient (Wildman–Crippen LogP) is 1.99.